The number of hydrogen-bond acceptors (Lipinski definition) is 7. The van der Waals surface area contributed by atoms with E-state index in [1.165, 1.54) is 18.9 Å². The Morgan fingerprint density at radius 2 is 1.97 bits per heavy atom. The van der Waals surface area contributed by atoms with Crippen LogP contribution < -0.4 is 15.4 Å². The van der Waals surface area contributed by atoms with E-state index in [-0.39, 0.29) is 11.6 Å². The Labute approximate surface area is 166 Å². The molecule has 2 bridgehead atoms. The van der Waals surface area contributed by atoms with Gasteiger partial charge in [-0.3, -0.25) is 0 Å². The molecule has 3 atom stereocenters. The molecule has 3 saturated heterocycles. The Balaban J connectivity index is 1.40. The Morgan fingerprint density at radius 3 is 2.66 bits per heavy atom. The minimum atomic E-state index is -2.96. The number of anilines is 2. The van der Waals surface area contributed by atoms with Crippen molar-refractivity contribution in [2.75, 3.05) is 30.4 Å². The van der Waals surface area contributed by atoms with E-state index in [1.54, 1.807) is 6.20 Å². The van der Waals surface area contributed by atoms with Gasteiger partial charge in [0.1, 0.15) is 0 Å². The average Bonchev–Trinajstić information content (AvgIpc) is 3.10. The lowest BCUT2D eigenvalue weighted by molar-refractivity contribution is -0.0494. The van der Waals surface area contributed by atoms with E-state index in [0.717, 1.165) is 37.3 Å². The zero-order chi connectivity index (χ0) is 19.7. The van der Waals surface area contributed by atoms with E-state index in [9.17, 15) is 8.78 Å². The van der Waals surface area contributed by atoms with E-state index in [4.69, 9.17) is 20.4 Å². The maximum absolute atomic E-state index is 12.7. The van der Waals surface area contributed by atoms with Crippen molar-refractivity contribution in [2.45, 2.75) is 31.4 Å². The van der Waals surface area contributed by atoms with Crippen molar-refractivity contribution in [1.82, 2.24) is 15.0 Å². The van der Waals surface area contributed by atoms with Crippen molar-refractivity contribution in [3.05, 3.63) is 24.0 Å². The summed E-state index contributed by atoms with van der Waals surface area (Å²) in [6.07, 6.45) is 3.94. The third-order valence-electron chi connectivity index (χ3n) is 6.78. The highest BCUT2D eigenvalue weighted by atomic mass is 19.3. The smallest absolute Gasteiger partial charge is 0.387 e. The Kier molecular flexibility index (Phi) is 3.72. The van der Waals surface area contributed by atoms with Crippen molar-refractivity contribution in [3.8, 4) is 17.0 Å². The van der Waals surface area contributed by atoms with E-state index >= 15 is 0 Å². The lowest BCUT2D eigenvalue weighted by Gasteiger charge is -2.26. The molecule has 0 aromatic carbocycles. The van der Waals surface area contributed by atoms with E-state index in [0.29, 0.717) is 35.1 Å². The molecule has 2 saturated carbocycles. The van der Waals surface area contributed by atoms with Gasteiger partial charge < -0.3 is 20.1 Å². The van der Waals surface area contributed by atoms with Crippen LogP contribution in [-0.2, 0) is 4.74 Å². The first kappa shape index (κ1) is 17.3. The summed E-state index contributed by atoms with van der Waals surface area (Å²) in [5, 5.41) is 0. The fraction of sp³-hybridized carbons (Fsp3) is 0.550. The molecule has 5 heterocycles. The molecule has 2 aromatic heterocycles. The highest BCUT2D eigenvalue weighted by molar-refractivity contribution is 5.66. The minimum absolute atomic E-state index is 0.0715. The van der Waals surface area contributed by atoms with Crippen molar-refractivity contribution in [2.24, 2.45) is 17.8 Å². The van der Waals surface area contributed by atoms with Crippen LogP contribution in [0.2, 0.25) is 0 Å². The molecule has 29 heavy (non-hydrogen) atoms. The van der Waals surface area contributed by atoms with Crippen LogP contribution >= 0.6 is 0 Å². The molecule has 9 heteroatoms. The molecule has 7 rings (SSSR count). The Bertz CT molecular complexity index is 958. The molecule has 152 valence electrons. The van der Waals surface area contributed by atoms with Crippen LogP contribution in [-0.4, -0.2) is 47.4 Å². The molecule has 0 spiro atoms. The molecule has 3 aliphatic heterocycles. The van der Waals surface area contributed by atoms with Gasteiger partial charge in [0.25, 0.3) is 0 Å². The number of ether oxygens (including phenoxy) is 2. The van der Waals surface area contributed by atoms with Gasteiger partial charge in [0.05, 0.1) is 24.6 Å². The van der Waals surface area contributed by atoms with Gasteiger partial charge in [-0.1, -0.05) is 0 Å². The summed E-state index contributed by atoms with van der Waals surface area (Å²) in [5.41, 5.74) is 7.95. The fourth-order valence-corrected chi connectivity index (χ4v) is 5.14. The standard InChI is InChI=1S/C20H21F2N5O2/c21-19(22)29-16-3-10(5-24-18(16)23)14-4-15(17-12-7-28-8-13(12)17)26-20(25-14)27-6-9-1-11(27)2-9/h3-5,9,11-13,17,19H,1-2,6-8H2,(H2,23,24)/t9?,11?,12-,13+,17+. The second-order valence-corrected chi connectivity index (χ2v) is 8.50. The molecule has 5 fully saturated rings. The van der Waals surface area contributed by atoms with Crippen LogP contribution in [0.3, 0.4) is 0 Å². The van der Waals surface area contributed by atoms with Gasteiger partial charge >= 0.3 is 6.61 Å². The van der Waals surface area contributed by atoms with Gasteiger partial charge in [-0.2, -0.15) is 8.78 Å². The number of nitrogens with two attached hydrogens (primary N) is 1. The summed E-state index contributed by atoms with van der Waals surface area (Å²) in [6, 6.07) is 3.93. The molecule has 7 nitrogen and oxygen atoms in total. The van der Waals surface area contributed by atoms with Crippen LogP contribution in [0.1, 0.15) is 24.5 Å². The highest BCUT2D eigenvalue weighted by Crippen LogP contribution is 2.57. The maximum Gasteiger partial charge on any atom is 0.387 e. The van der Waals surface area contributed by atoms with Gasteiger partial charge in [-0.15, -0.1) is 0 Å². The lowest BCUT2D eigenvalue weighted by atomic mass is 9.86. The number of halogens is 2. The monoisotopic (exact) mass is 401 g/mol. The van der Waals surface area contributed by atoms with Crippen LogP contribution in [0.15, 0.2) is 18.3 Å². The van der Waals surface area contributed by atoms with Crippen LogP contribution in [0.25, 0.3) is 11.3 Å². The largest absolute Gasteiger partial charge is 0.431 e. The van der Waals surface area contributed by atoms with Gasteiger partial charge in [0, 0.05) is 30.3 Å². The molecule has 0 amide bonds. The first-order valence-corrected chi connectivity index (χ1v) is 10.0. The minimum Gasteiger partial charge on any atom is -0.431 e. The predicted molar refractivity (Wildman–Crippen MR) is 101 cm³/mol. The quantitative estimate of drug-likeness (QED) is 0.824. The summed E-state index contributed by atoms with van der Waals surface area (Å²) in [4.78, 5) is 16.0. The molecule has 2 aliphatic carbocycles. The third kappa shape index (κ3) is 2.82. The normalized spacial score (nSPS) is 31.7. The van der Waals surface area contributed by atoms with Crippen LogP contribution in [0, 0.1) is 17.8 Å². The van der Waals surface area contributed by atoms with Gasteiger partial charge in [0.15, 0.2) is 11.6 Å². The molecule has 2 N–H and O–H groups in total. The van der Waals surface area contributed by atoms with Gasteiger partial charge in [-0.05, 0) is 42.7 Å². The fourth-order valence-electron chi connectivity index (χ4n) is 5.14. The number of rotatable bonds is 5. The first-order chi connectivity index (χ1) is 14.1. The van der Waals surface area contributed by atoms with Crippen molar-refractivity contribution in [3.63, 3.8) is 0 Å². The molecule has 0 unspecified atom stereocenters. The number of fused-ring (bicyclic) bond motifs is 2. The second-order valence-electron chi connectivity index (χ2n) is 8.50. The number of aromatic nitrogens is 3. The molecular formula is C20H21F2N5O2. The average molecular weight is 401 g/mol. The Morgan fingerprint density at radius 1 is 1.17 bits per heavy atom. The van der Waals surface area contributed by atoms with Crippen LogP contribution in [0.4, 0.5) is 20.5 Å². The van der Waals surface area contributed by atoms with E-state index in [2.05, 4.69) is 14.6 Å². The van der Waals surface area contributed by atoms with Crippen molar-refractivity contribution >= 4 is 11.8 Å². The zero-order valence-corrected chi connectivity index (χ0v) is 15.7. The van der Waals surface area contributed by atoms with Crippen LogP contribution in [0.5, 0.6) is 5.75 Å². The molecule has 0 radical (unpaired) electrons. The first-order valence-electron chi connectivity index (χ1n) is 10.0. The van der Waals surface area contributed by atoms with Gasteiger partial charge in [0.2, 0.25) is 5.95 Å². The Hall–Kier alpha value is -2.55. The number of hydrogen-bond donors (Lipinski definition) is 1. The number of pyridine rings is 1. The van der Waals surface area contributed by atoms with Crippen molar-refractivity contribution in [1.29, 1.82) is 0 Å². The van der Waals surface area contributed by atoms with E-state index < -0.39 is 6.61 Å². The summed E-state index contributed by atoms with van der Waals surface area (Å²) in [7, 11) is 0. The second kappa shape index (κ2) is 6.22. The summed E-state index contributed by atoms with van der Waals surface area (Å²) < 4.78 is 35.5. The molecule has 5 aliphatic rings. The zero-order valence-electron chi connectivity index (χ0n) is 15.7. The number of nitrogens with zero attached hydrogens (tertiary/aromatic N) is 4. The van der Waals surface area contributed by atoms with Gasteiger partial charge in [-0.25, -0.2) is 15.0 Å². The summed E-state index contributed by atoms with van der Waals surface area (Å²) in [5.74, 6) is 2.65. The third-order valence-corrected chi connectivity index (χ3v) is 6.78. The summed E-state index contributed by atoms with van der Waals surface area (Å²) >= 11 is 0. The SMILES string of the molecule is Nc1ncc(-c2cc([C@H]3[C@@H]4COC[C@@H]43)nc(N3CC4CC3C4)n2)cc1OC(F)F. The summed E-state index contributed by atoms with van der Waals surface area (Å²) in [6.45, 7) is -0.441. The number of alkyl halides is 2. The van der Waals surface area contributed by atoms with Crippen molar-refractivity contribution < 1.29 is 18.3 Å². The van der Waals surface area contributed by atoms with E-state index in [1.807, 2.05) is 6.07 Å². The number of nitrogen functional groups attached to an aromatic ring is 1. The predicted octanol–water partition coefficient (Wildman–Crippen LogP) is 2.68. The lowest BCUT2D eigenvalue weighted by Crippen LogP contribution is -2.30. The highest BCUT2D eigenvalue weighted by Gasteiger charge is 2.56. The molecular weight excluding hydrogens is 380 g/mol. The topological polar surface area (TPSA) is 86.4 Å². The molecule has 2 aromatic rings. The maximum atomic E-state index is 12.7.